The standard InChI is InChI=1S/C15H12ClN3O2/c1-18(13-4-2-3-11(7-13)9-17)10-12-5-6-14(19(20)21)8-15(12)16/h2-8H,10H2,1H3. The molecule has 0 spiro atoms. The van der Waals surface area contributed by atoms with Crippen molar-refractivity contribution in [2.24, 2.45) is 0 Å². The van der Waals surface area contributed by atoms with Gasteiger partial charge in [0.05, 0.1) is 21.6 Å². The number of benzene rings is 2. The van der Waals surface area contributed by atoms with Crippen LogP contribution in [0.5, 0.6) is 0 Å². The molecule has 0 atom stereocenters. The number of nitro benzene ring substituents is 1. The van der Waals surface area contributed by atoms with Gasteiger partial charge >= 0.3 is 0 Å². The van der Waals surface area contributed by atoms with Crippen LogP contribution in [0.25, 0.3) is 0 Å². The Morgan fingerprint density at radius 2 is 2.10 bits per heavy atom. The topological polar surface area (TPSA) is 70.2 Å². The van der Waals surface area contributed by atoms with Gasteiger partial charge in [0.2, 0.25) is 0 Å². The third-order valence-corrected chi connectivity index (χ3v) is 3.42. The van der Waals surface area contributed by atoms with Crippen LogP contribution in [0.2, 0.25) is 5.02 Å². The number of hydrogen-bond acceptors (Lipinski definition) is 4. The van der Waals surface area contributed by atoms with E-state index < -0.39 is 4.92 Å². The van der Waals surface area contributed by atoms with Crippen LogP contribution >= 0.6 is 11.6 Å². The molecule has 0 radical (unpaired) electrons. The zero-order valence-electron chi connectivity index (χ0n) is 11.3. The van der Waals surface area contributed by atoms with Crippen molar-refractivity contribution >= 4 is 23.0 Å². The summed E-state index contributed by atoms with van der Waals surface area (Å²) >= 11 is 6.08. The van der Waals surface area contributed by atoms with Crippen LogP contribution in [0, 0.1) is 21.4 Å². The average Bonchev–Trinajstić information content (AvgIpc) is 2.49. The largest absolute Gasteiger partial charge is 0.370 e. The molecule has 0 bridgehead atoms. The minimum atomic E-state index is -0.476. The SMILES string of the molecule is CN(Cc1ccc([N+](=O)[O-])cc1Cl)c1cccc(C#N)c1. The third-order valence-electron chi connectivity index (χ3n) is 3.07. The van der Waals surface area contributed by atoms with Gasteiger partial charge in [0.1, 0.15) is 0 Å². The number of nitro groups is 1. The van der Waals surface area contributed by atoms with Gasteiger partial charge in [-0.05, 0) is 29.8 Å². The average molecular weight is 302 g/mol. The fraction of sp³-hybridized carbons (Fsp3) is 0.133. The molecule has 0 saturated carbocycles. The Hall–Kier alpha value is -2.58. The molecule has 5 nitrogen and oxygen atoms in total. The first-order valence-corrected chi connectivity index (χ1v) is 6.53. The number of halogens is 1. The molecular formula is C15H12ClN3O2. The summed E-state index contributed by atoms with van der Waals surface area (Å²) in [6.45, 7) is 0.492. The molecule has 0 fully saturated rings. The Morgan fingerprint density at radius 1 is 1.33 bits per heavy atom. The highest BCUT2D eigenvalue weighted by Gasteiger charge is 2.11. The summed E-state index contributed by atoms with van der Waals surface area (Å²) in [5.41, 5.74) is 2.21. The number of anilines is 1. The maximum Gasteiger partial charge on any atom is 0.270 e. The van der Waals surface area contributed by atoms with Crippen molar-refractivity contribution in [1.29, 1.82) is 5.26 Å². The monoisotopic (exact) mass is 301 g/mol. The lowest BCUT2D eigenvalue weighted by Gasteiger charge is -2.20. The van der Waals surface area contributed by atoms with E-state index in [1.54, 1.807) is 18.2 Å². The van der Waals surface area contributed by atoms with Gasteiger partial charge in [-0.15, -0.1) is 0 Å². The van der Waals surface area contributed by atoms with Crippen molar-refractivity contribution in [3.05, 3.63) is 68.7 Å². The van der Waals surface area contributed by atoms with E-state index in [-0.39, 0.29) is 5.69 Å². The van der Waals surface area contributed by atoms with E-state index in [1.807, 2.05) is 24.1 Å². The maximum atomic E-state index is 10.7. The molecule has 2 aromatic carbocycles. The van der Waals surface area contributed by atoms with Crippen molar-refractivity contribution in [3.8, 4) is 6.07 Å². The van der Waals surface area contributed by atoms with Crippen LogP contribution in [0.3, 0.4) is 0 Å². The van der Waals surface area contributed by atoms with Gasteiger partial charge < -0.3 is 4.90 Å². The lowest BCUT2D eigenvalue weighted by atomic mass is 10.1. The van der Waals surface area contributed by atoms with Crippen LogP contribution < -0.4 is 4.90 Å². The second-order valence-corrected chi connectivity index (χ2v) is 4.96. The summed E-state index contributed by atoms with van der Waals surface area (Å²) in [5.74, 6) is 0. The summed E-state index contributed by atoms with van der Waals surface area (Å²) in [6.07, 6.45) is 0. The minimum absolute atomic E-state index is 0.0297. The van der Waals surface area contributed by atoms with Gasteiger partial charge in [0, 0.05) is 31.4 Å². The Balaban J connectivity index is 2.21. The summed E-state index contributed by atoms with van der Waals surface area (Å²) < 4.78 is 0. The molecule has 0 unspecified atom stereocenters. The van der Waals surface area contributed by atoms with Crippen molar-refractivity contribution in [2.45, 2.75) is 6.54 Å². The Kier molecular flexibility index (Phi) is 4.41. The van der Waals surface area contributed by atoms with E-state index in [1.165, 1.54) is 12.1 Å². The van der Waals surface area contributed by atoms with Crippen molar-refractivity contribution in [3.63, 3.8) is 0 Å². The molecule has 0 aliphatic rings. The highest BCUT2D eigenvalue weighted by Crippen LogP contribution is 2.25. The van der Waals surface area contributed by atoms with Crippen molar-refractivity contribution in [2.75, 3.05) is 11.9 Å². The van der Waals surface area contributed by atoms with Crippen LogP contribution in [0.1, 0.15) is 11.1 Å². The van der Waals surface area contributed by atoms with E-state index in [4.69, 9.17) is 16.9 Å². The molecule has 0 aliphatic heterocycles. The summed E-state index contributed by atoms with van der Waals surface area (Å²) in [7, 11) is 1.87. The van der Waals surface area contributed by atoms with Gasteiger partial charge in [-0.2, -0.15) is 5.26 Å². The summed E-state index contributed by atoms with van der Waals surface area (Å²) in [6, 6.07) is 13.7. The van der Waals surface area contributed by atoms with Crippen molar-refractivity contribution < 1.29 is 4.92 Å². The van der Waals surface area contributed by atoms with Gasteiger partial charge in [-0.25, -0.2) is 0 Å². The molecule has 0 saturated heterocycles. The first kappa shape index (κ1) is 14.8. The van der Waals surface area contributed by atoms with E-state index in [9.17, 15) is 10.1 Å². The van der Waals surface area contributed by atoms with Crippen LogP contribution in [-0.2, 0) is 6.54 Å². The van der Waals surface area contributed by atoms with Crippen LogP contribution in [-0.4, -0.2) is 12.0 Å². The third kappa shape index (κ3) is 3.50. The summed E-state index contributed by atoms with van der Waals surface area (Å²) in [4.78, 5) is 12.1. The van der Waals surface area contributed by atoms with Crippen LogP contribution in [0.4, 0.5) is 11.4 Å². The second kappa shape index (κ2) is 6.25. The Labute approximate surface area is 127 Å². The van der Waals surface area contributed by atoms with Gasteiger partial charge in [-0.1, -0.05) is 17.7 Å². The quantitative estimate of drug-likeness (QED) is 0.637. The van der Waals surface area contributed by atoms with Crippen molar-refractivity contribution in [1.82, 2.24) is 0 Å². The zero-order chi connectivity index (χ0) is 15.4. The number of rotatable bonds is 4. The zero-order valence-corrected chi connectivity index (χ0v) is 12.0. The second-order valence-electron chi connectivity index (χ2n) is 4.55. The molecule has 2 rings (SSSR count). The lowest BCUT2D eigenvalue weighted by molar-refractivity contribution is -0.384. The number of nitrogens with zero attached hydrogens (tertiary/aromatic N) is 3. The number of nitriles is 1. The van der Waals surface area contributed by atoms with E-state index in [2.05, 4.69) is 6.07 Å². The number of non-ortho nitro benzene ring substituents is 1. The van der Waals surface area contributed by atoms with Crippen LogP contribution in [0.15, 0.2) is 42.5 Å². The molecule has 21 heavy (non-hydrogen) atoms. The Bertz CT molecular complexity index is 725. The first-order chi connectivity index (χ1) is 10.0. The molecule has 0 amide bonds. The highest BCUT2D eigenvalue weighted by molar-refractivity contribution is 6.31. The minimum Gasteiger partial charge on any atom is -0.370 e. The van der Waals surface area contributed by atoms with E-state index in [0.29, 0.717) is 17.1 Å². The van der Waals surface area contributed by atoms with E-state index >= 15 is 0 Å². The fourth-order valence-corrected chi connectivity index (χ4v) is 2.17. The first-order valence-electron chi connectivity index (χ1n) is 6.15. The number of hydrogen-bond donors (Lipinski definition) is 0. The predicted octanol–water partition coefficient (Wildman–Crippen LogP) is 3.76. The molecule has 6 heteroatoms. The predicted molar refractivity (Wildman–Crippen MR) is 81.4 cm³/mol. The normalized spacial score (nSPS) is 9.95. The summed E-state index contributed by atoms with van der Waals surface area (Å²) in [5, 5.41) is 19.9. The molecule has 106 valence electrons. The smallest absolute Gasteiger partial charge is 0.270 e. The van der Waals surface area contributed by atoms with Gasteiger partial charge in [-0.3, -0.25) is 10.1 Å². The van der Waals surface area contributed by atoms with E-state index in [0.717, 1.165) is 11.3 Å². The molecular weight excluding hydrogens is 290 g/mol. The van der Waals surface area contributed by atoms with Gasteiger partial charge in [0.25, 0.3) is 5.69 Å². The van der Waals surface area contributed by atoms with Gasteiger partial charge in [0.15, 0.2) is 0 Å². The molecule has 2 aromatic rings. The molecule has 0 N–H and O–H groups in total. The fourth-order valence-electron chi connectivity index (χ4n) is 1.94. The maximum absolute atomic E-state index is 10.7. The Morgan fingerprint density at radius 3 is 2.71 bits per heavy atom. The lowest BCUT2D eigenvalue weighted by Crippen LogP contribution is -2.16. The molecule has 0 heterocycles. The molecule has 0 aromatic heterocycles. The molecule has 0 aliphatic carbocycles. The highest BCUT2D eigenvalue weighted by atomic mass is 35.5.